The predicted octanol–water partition coefficient (Wildman–Crippen LogP) is 4.89. The summed E-state index contributed by atoms with van der Waals surface area (Å²) >= 11 is 1.46. The highest BCUT2D eigenvalue weighted by molar-refractivity contribution is 7.99. The molecule has 1 aliphatic rings. The fourth-order valence-corrected chi connectivity index (χ4v) is 4.08. The quantitative estimate of drug-likeness (QED) is 0.864. The van der Waals surface area contributed by atoms with Crippen LogP contribution < -0.4 is 5.32 Å². The summed E-state index contributed by atoms with van der Waals surface area (Å²) in [5.74, 6) is -0.130. The lowest BCUT2D eigenvalue weighted by atomic mass is 9.90. The number of benzene rings is 2. The zero-order valence-electron chi connectivity index (χ0n) is 12.5. The lowest BCUT2D eigenvalue weighted by molar-refractivity contribution is 0.439. The van der Waals surface area contributed by atoms with E-state index in [1.807, 2.05) is 12.1 Å². The molecule has 0 spiro atoms. The molecule has 22 heavy (non-hydrogen) atoms. The molecule has 0 unspecified atom stereocenters. The van der Waals surface area contributed by atoms with Crippen molar-refractivity contribution in [2.24, 2.45) is 0 Å². The van der Waals surface area contributed by atoms with Gasteiger partial charge < -0.3 is 5.32 Å². The Morgan fingerprint density at radius 3 is 2.32 bits per heavy atom. The highest BCUT2D eigenvalue weighted by Gasteiger charge is 2.22. The molecule has 3 rings (SSSR count). The first-order valence-electron chi connectivity index (χ1n) is 7.59. The minimum Gasteiger partial charge on any atom is -0.317 e. The maximum atomic E-state index is 14.4. The van der Waals surface area contributed by atoms with Crippen LogP contribution in [0.3, 0.4) is 0 Å². The van der Waals surface area contributed by atoms with Gasteiger partial charge in [0.15, 0.2) is 0 Å². The van der Waals surface area contributed by atoms with Crippen LogP contribution in [0, 0.1) is 18.6 Å². The zero-order valence-corrected chi connectivity index (χ0v) is 13.4. The van der Waals surface area contributed by atoms with Gasteiger partial charge in [-0.3, -0.25) is 0 Å². The lowest BCUT2D eigenvalue weighted by Crippen LogP contribution is -2.27. The third-order valence-electron chi connectivity index (χ3n) is 4.20. The number of piperidine rings is 1. The monoisotopic (exact) mass is 319 g/mol. The van der Waals surface area contributed by atoms with Crippen LogP contribution in [-0.4, -0.2) is 13.1 Å². The largest absolute Gasteiger partial charge is 0.317 e. The van der Waals surface area contributed by atoms with Crippen molar-refractivity contribution < 1.29 is 8.78 Å². The first kappa shape index (κ1) is 15.5. The van der Waals surface area contributed by atoms with Gasteiger partial charge in [-0.05, 0) is 68.6 Å². The number of nitrogens with one attached hydrogen (secondary N) is 1. The van der Waals surface area contributed by atoms with Gasteiger partial charge in [0, 0.05) is 15.4 Å². The molecule has 0 aromatic heterocycles. The van der Waals surface area contributed by atoms with Crippen molar-refractivity contribution in [1.29, 1.82) is 0 Å². The van der Waals surface area contributed by atoms with Gasteiger partial charge in [0.1, 0.15) is 11.6 Å². The smallest absolute Gasteiger partial charge is 0.127 e. The molecule has 0 bridgehead atoms. The van der Waals surface area contributed by atoms with Crippen molar-refractivity contribution in [3.63, 3.8) is 0 Å². The standard InChI is InChI=1S/C18H19F2NS/c1-12-14(19)4-2-6-16(12)22-17-7-3-5-15(20)18(17)13-8-10-21-11-9-13/h2-7,13,21H,8-11H2,1H3. The van der Waals surface area contributed by atoms with Crippen LogP contribution in [-0.2, 0) is 0 Å². The van der Waals surface area contributed by atoms with E-state index in [9.17, 15) is 8.78 Å². The van der Waals surface area contributed by atoms with Crippen LogP contribution in [0.5, 0.6) is 0 Å². The minimum atomic E-state index is -0.218. The van der Waals surface area contributed by atoms with Crippen molar-refractivity contribution in [1.82, 2.24) is 5.32 Å². The van der Waals surface area contributed by atoms with Crippen LogP contribution in [0.4, 0.5) is 8.78 Å². The molecular formula is C18H19F2NS. The van der Waals surface area contributed by atoms with Crippen molar-refractivity contribution in [3.8, 4) is 0 Å². The fourth-order valence-electron chi connectivity index (χ4n) is 2.93. The number of halogens is 2. The van der Waals surface area contributed by atoms with E-state index in [1.165, 1.54) is 23.9 Å². The summed E-state index contributed by atoms with van der Waals surface area (Å²) in [6.07, 6.45) is 1.88. The van der Waals surface area contributed by atoms with E-state index in [0.717, 1.165) is 41.3 Å². The average Bonchev–Trinajstić information content (AvgIpc) is 2.53. The van der Waals surface area contributed by atoms with Crippen LogP contribution in [0.1, 0.15) is 29.9 Å². The molecule has 1 heterocycles. The second kappa shape index (κ2) is 6.80. The molecule has 0 radical (unpaired) electrons. The summed E-state index contributed by atoms with van der Waals surface area (Å²) in [7, 11) is 0. The Kier molecular flexibility index (Phi) is 4.79. The topological polar surface area (TPSA) is 12.0 Å². The Morgan fingerprint density at radius 1 is 0.955 bits per heavy atom. The second-order valence-corrected chi connectivity index (χ2v) is 6.72. The van der Waals surface area contributed by atoms with E-state index in [1.54, 1.807) is 19.1 Å². The number of hydrogen-bond acceptors (Lipinski definition) is 2. The van der Waals surface area contributed by atoms with Crippen molar-refractivity contribution in [2.75, 3.05) is 13.1 Å². The summed E-state index contributed by atoms with van der Waals surface area (Å²) in [6, 6.07) is 10.2. The van der Waals surface area contributed by atoms with E-state index in [2.05, 4.69) is 5.32 Å². The van der Waals surface area contributed by atoms with E-state index >= 15 is 0 Å². The molecule has 1 saturated heterocycles. The Labute approximate surface area is 134 Å². The summed E-state index contributed by atoms with van der Waals surface area (Å²) in [4.78, 5) is 1.75. The summed E-state index contributed by atoms with van der Waals surface area (Å²) in [5, 5.41) is 3.31. The van der Waals surface area contributed by atoms with Crippen molar-refractivity contribution in [3.05, 3.63) is 59.2 Å². The van der Waals surface area contributed by atoms with E-state index in [4.69, 9.17) is 0 Å². The van der Waals surface area contributed by atoms with Crippen LogP contribution in [0.2, 0.25) is 0 Å². The molecule has 2 aromatic rings. The summed E-state index contributed by atoms with van der Waals surface area (Å²) < 4.78 is 28.1. The van der Waals surface area contributed by atoms with Gasteiger partial charge in [0.05, 0.1) is 0 Å². The Hall–Kier alpha value is -1.39. The molecule has 0 atom stereocenters. The van der Waals surface area contributed by atoms with Gasteiger partial charge in [-0.2, -0.15) is 0 Å². The fraction of sp³-hybridized carbons (Fsp3) is 0.333. The molecule has 116 valence electrons. The van der Waals surface area contributed by atoms with Crippen molar-refractivity contribution >= 4 is 11.8 Å². The van der Waals surface area contributed by atoms with Crippen LogP contribution >= 0.6 is 11.8 Å². The third-order valence-corrected chi connectivity index (χ3v) is 5.44. The molecule has 0 aliphatic carbocycles. The average molecular weight is 319 g/mol. The highest BCUT2D eigenvalue weighted by Crippen LogP contribution is 2.39. The summed E-state index contributed by atoms with van der Waals surface area (Å²) in [5.41, 5.74) is 1.41. The molecule has 4 heteroatoms. The predicted molar refractivity (Wildman–Crippen MR) is 86.5 cm³/mol. The zero-order chi connectivity index (χ0) is 15.5. The maximum Gasteiger partial charge on any atom is 0.127 e. The first-order chi connectivity index (χ1) is 10.7. The molecule has 0 saturated carbocycles. The minimum absolute atomic E-state index is 0.147. The van der Waals surface area contributed by atoms with Gasteiger partial charge in [0.2, 0.25) is 0 Å². The van der Waals surface area contributed by atoms with E-state index in [-0.39, 0.29) is 17.6 Å². The van der Waals surface area contributed by atoms with Gasteiger partial charge in [-0.1, -0.05) is 23.9 Å². The molecule has 2 aromatic carbocycles. The SMILES string of the molecule is Cc1c(F)cccc1Sc1cccc(F)c1C1CCNCC1. The third kappa shape index (κ3) is 3.18. The molecule has 1 fully saturated rings. The molecule has 1 nitrogen and oxygen atoms in total. The Balaban J connectivity index is 1.96. The maximum absolute atomic E-state index is 14.4. The first-order valence-corrected chi connectivity index (χ1v) is 8.40. The second-order valence-electron chi connectivity index (χ2n) is 5.64. The molecular weight excluding hydrogens is 300 g/mol. The normalized spacial score (nSPS) is 16.0. The van der Waals surface area contributed by atoms with Gasteiger partial charge in [-0.15, -0.1) is 0 Å². The van der Waals surface area contributed by atoms with Gasteiger partial charge in [0.25, 0.3) is 0 Å². The van der Waals surface area contributed by atoms with Crippen molar-refractivity contribution in [2.45, 2.75) is 35.5 Å². The Bertz CT molecular complexity index is 666. The number of hydrogen-bond donors (Lipinski definition) is 1. The van der Waals surface area contributed by atoms with E-state index < -0.39 is 0 Å². The highest BCUT2D eigenvalue weighted by atomic mass is 32.2. The molecule has 1 N–H and O–H groups in total. The van der Waals surface area contributed by atoms with Crippen LogP contribution in [0.25, 0.3) is 0 Å². The van der Waals surface area contributed by atoms with Crippen LogP contribution in [0.15, 0.2) is 46.2 Å². The molecule has 1 aliphatic heterocycles. The molecule has 0 amide bonds. The lowest BCUT2D eigenvalue weighted by Gasteiger charge is -2.25. The number of rotatable bonds is 3. The summed E-state index contributed by atoms with van der Waals surface area (Å²) in [6.45, 7) is 3.60. The van der Waals surface area contributed by atoms with Gasteiger partial charge in [-0.25, -0.2) is 8.78 Å². The van der Waals surface area contributed by atoms with Gasteiger partial charge >= 0.3 is 0 Å². The van der Waals surface area contributed by atoms with E-state index in [0.29, 0.717) is 5.56 Å². The Morgan fingerprint density at radius 2 is 1.59 bits per heavy atom.